The van der Waals surface area contributed by atoms with Crippen LogP contribution in [0.4, 0.5) is 0 Å². The summed E-state index contributed by atoms with van der Waals surface area (Å²) in [5, 5.41) is 9.82. The molecular weight excluding hydrogens is 266 g/mol. The van der Waals surface area contributed by atoms with E-state index in [0.717, 1.165) is 11.6 Å². The average molecular weight is 280 g/mol. The van der Waals surface area contributed by atoms with Crippen molar-refractivity contribution in [2.45, 2.75) is 19.6 Å². The van der Waals surface area contributed by atoms with E-state index in [1.54, 1.807) is 22.9 Å². The summed E-state index contributed by atoms with van der Waals surface area (Å²) in [5.41, 5.74) is 1.21. The molecule has 0 fully saturated rings. The molecule has 0 aliphatic heterocycles. The van der Waals surface area contributed by atoms with E-state index in [1.165, 1.54) is 0 Å². The van der Waals surface area contributed by atoms with E-state index in [9.17, 15) is 4.79 Å². The van der Waals surface area contributed by atoms with Crippen LogP contribution in [0.25, 0.3) is 5.69 Å². The molecule has 6 heteroatoms. The maximum atomic E-state index is 11.0. The van der Waals surface area contributed by atoms with Crippen molar-refractivity contribution in [3.8, 4) is 5.69 Å². The van der Waals surface area contributed by atoms with Gasteiger partial charge in [0.1, 0.15) is 8.07 Å². The lowest BCUT2D eigenvalue weighted by molar-refractivity contribution is 0.112. The van der Waals surface area contributed by atoms with E-state index in [-0.39, 0.29) is 0 Å². The van der Waals surface area contributed by atoms with E-state index < -0.39 is 8.07 Å². The number of carbonyl (C=O) groups excluding carboxylic acids is 1. The highest BCUT2D eigenvalue weighted by Gasteiger charge is 2.21. The SMILES string of the molecule is C[Si](C)(C)c1cn(-c2ccc(Cl)cc2C=O)nn1. The van der Waals surface area contributed by atoms with Gasteiger partial charge in [0.2, 0.25) is 0 Å². The number of hydrogen-bond donors (Lipinski definition) is 0. The second-order valence-corrected chi connectivity index (χ2v) is 10.6. The van der Waals surface area contributed by atoms with Crippen LogP contribution in [0, 0.1) is 0 Å². The normalized spacial score (nSPS) is 11.6. The molecule has 2 rings (SSSR count). The van der Waals surface area contributed by atoms with Crippen LogP contribution < -0.4 is 5.32 Å². The van der Waals surface area contributed by atoms with Gasteiger partial charge in [0.25, 0.3) is 0 Å². The number of halogens is 1. The fourth-order valence-electron chi connectivity index (χ4n) is 1.55. The first-order valence-corrected chi connectivity index (χ1v) is 9.47. The zero-order chi connectivity index (χ0) is 13.3. The number of rotatable bonds is 3. The van der Waals surface area contributed by atoms with Gasteiger partial charge in [-0.15, -0.1) is 5.10 Å². The van der Waals surface area contributed by atoms with Crippen molar-refractivity contribution in [2.24, 2.45) is 0 Å². The molecule has 18 heavy (non-hydrogen) atoms. The summed E-state index contributed by atoms with van der Waals surface area (Å²) >= 11 is 5.86. The number of nitrogens with zero attached hydrogens (tertiary/aromatic N) is 3. The summed E-state index contributed by atoms with van der Waals surface area (Å²) in [7, 11) is -1.49. The van der Waals surface area contributed by atoms with E-state index in [1.807, 2.05) is 6.20 Å². The second-order valence-electron chi connectivity index (χ2n) is 5.12. The van der Waals surface area contributed by atoms with Gasteiger partial charge in [-0.05, 0) is 18.2 Å². The Hall–Kier alpha value is -1.46. The Kier molecular flexibility index (Phi) is 3.36. The van der Waals surface area contributed by atoms with Gasteiger partial charge in [-0.25, -0.2) is 4.68 Å². The van der Waals surface area contributed by atoms with Crippen molar-refractivity contribution in [1.82, 2.24) is 15.0 Å². The van der Waals surface area contributed by atoms with Crippen LogP contribution in [0.2, 0.25) is 24.7 Å². The van der Waals surface area contributed by atoms with E-state index in [2.05, 4.69) is 30.0 Å². The summed E-state index contributed by atoms with van der Waals surface area (Å²) in [6.45, 7) is 6.59. The van der Waals surface area contributed by atoms with Crippen LogP contribution in [-0.4, -0.2) is 29.4 Å². The van der Waals surface area contributed by atoms with E-state index >= 15 is 0 Å². The topological polar surface area (TPSA) is 47.8 Å². The lowest BCUT2D eigenvalue weighted by atomic mass is 10.2. The molecule has 0 saturated heterocycles. The predicted octanol–water partition coefficient (Wildman–Crippen LogP) is 2.28. The largest absolute Gasteiger partial charge is 0.298 e. The Balaban J connectivity index is 2.49. The summed E-state index contributed by atoms with van der Waals surface area (Å²) < 4.78 is 1.63. The number of carbonyl (C=O) groups is 1. The quantitative estimate of drug-likeness (QED) is 0.640. The Labute approximate surface area is 112 Å². The number of hydrogen-bond acceptors (Lipinski definition) is 3. The second kappa shape index (κ2) is 4.66. The molecule has 0 unspecified atom stereocenters. The van der Waals surface area contributed by atoms with Gasteiger partial charge in [-0.2, -0.15) is 0 Å². The average Bonchev–Trinajstić information content (AvgIpc) is 2.77. The van der Waals surface area contributed by atoms with Gasteiger partial charge in [-0.1, -0.05) is 36.5 Å². The zero-order valence-corrected chi connectivity index (χ0v) is 12.3. The van der Waals surface area contributed by atoms with Crippen molar-refractivity contribution >= 4 is 31.3 Å². The van der Waals surface area contributed by atoms with Crippen LogP contribution >= 0.6 is 11.6 Å². The van der Waals surface area contributed by atoms with Crippen molar-refractivity contribution in [3.63, 3.8) is 0 Å². The molecule has 0 aliphatic carbocycles. The molecule has 1 aromatic carbocycles. The minimum Gasteiger partial charge on any atom is -0.298 e. The standard InChI is InChI=1S/C12H14ClN3OSi/c1-18(2,3)12-7-16(15-14-12)11-5-4-10(13)6-9(11)8-17/h4-8H,1-3H3. The molecule has 2 aromatic rings. The molecule has 1 aromatic heterocycles. The third kappa shape index (κ3) is 2.52. The molecule has 0 spiro atoms. The smallest absolute Gasteiger partial charge is 0.152 e. The first-order valence-electron chi connectivity index (χ1n) is 5.60. The highest BCUT2D eigenvalue weighted by atomic mass is 35.5. The van der Waals surface area contributed by atoms with Crippen LogP contribution in [0.5, 0.6) is 0 Å². The van der Waals surface area contributed by atoms with Gasteiger partial charge in [0.05, 0.1) is 11.0 Å². The molecule has 0 bridgehead atoms. The van der Waals surface area contributed by atoms with Gasteiger partial charge in [0.15, 0.2) is 6.29 Å². The monoisotopic (exact) mass is 279 g/mol. The van der Waals surface area contributed by atoms with Gasteiger partial charge < -0.3 is 0 Å². The maximum absolute atomic E-state index is 11.0. The molecule has 0 atom stereocenters. The first kappa shape index (κ1) is 13.0. The van der Waals surface area contributed by atoms with Crippen molar-refractivity contribution < 1.29 is 4.79 Å². The summed E-state index contributed by atoms with van der Waals surface area (Å²) in [6.07, 6.45) is 2.67. The molecule has 0 aliphatic rings. The van der Waals surface area contributed by atoms with E-state index in [0.29, 0.717) is 16.3 Å². The third-order valence-corrected chi connectivity index (χ3v) is 4.63. The van der Waals surface area contributed by atoms with Gasteiger partial charge in [-0.3, -0.25) is 4.79 Å². The Morgan fingerprint density at radius 1 is 1.33 bits per heavy atom. The Bertz CT molecular complexity index is 589. The minimum atomic E-state index is -1.49. The highest BCUT2D eigenvalue weighted by molar-refractivity contribution is 6.88. The molecule has 0 radical (unpaired) electrons. The summed E-state index contributed by atoms with van der Waals surface area (Å²) in [6, 6.07) is 5.13. The van der Waals surface area contributed by atoms with Gasteiger partial charge >= 0.3 is 0 Å². The number of aldehydes is 1. The molecule has 0 saturated carbocycles. The summed E-state index contributed by atoms with van der Waals surface area (Å²) in [4.78, 5) is 11.0. The maximum Gasteiger partial charge on any atom is 0.152 e. The first-order chi connectivity index (χ1) is 8.41. The molecule has 4 nitrogen and oxygen atoms in total. The number of aromatic nitrogens is 3. The molecular formula is C12H14ClN3OSi. The zero-order valence-electron chi connectivity index (χ0n) is 10.5. The summed E-state index contributed by atoms with van der Waals surface area (Å²) in [5.74, 6) is 0. The van der Waals surface area contributed by atoms with Crippen LogP contribution in [0.15, 0.2) is 24.4 Å². The van der Waals surface area contributed by atoms with Crippen LogP contribution in [-0.2, 0) is 0 Å². The lowest BCUT2D eigenvalue weighted by Crippen LogP contribution is -2.38. The highest BCUT2D eigenvalue weighted by Crippen LogP contribution is 2.17. The van der Waals surface area contributed by atoms with Crippen molar-refractivity contribution in [1.29, 1.82) is 0 Å². The van der Waals surface area contributed by atoms with Crippen LogP contribution in [0.1, 0.15) is 10.4 Å². The molecule has 0 N–H and O–H groups in total. The van der Waals surface area contributed by atoms with Crippen LogP contribution in [0.3, 0.4) is 0 Å². The molecule has 94 valence electrons. The molecule has 1 heterocycles. The lowest BCUT2D eigenvalue weighted by Gasteiger charge is -2.10. The van der Waals surface area contributed by atoms with Crippen molar-refractivity contribution in [3.05, 3.63) is 35.0 Å². The third-order valence-electron chi connectivity index (χ3n) is 2.63. The fourth-order valence-corrected chi connectivity index (χ4v) is 2.59. The molecule has 0 amide bonds. The predicted molar refractivity (Wildman–Crippen MR) is 74.7 cm³/mol. The fraction of sp³-hybridized carbons (Fsp3) is 0.250. The van der Waals surface area contributed by atoms with Crippen molar-refractivity contribution in [2.75, 3.05) is 0 Å². The number of benzene rings is 1. The Morgan fingerprint density at radius 3 is 2.61 bits per heavy atom. The van der Waals surface area contributed by atoms with Gasteiger partial charge in [0, 0.05) is 16.8 Å². The Morgan fingerprint density at radius 2 is 2.06 bits per heavy atom. The minimum absolute atomic E-state index is 0.509. The van der Waals surface area contributed by atoms with E-state index in [4.69, 9.17) is 11.6 Å².